The van der Waals surface area contributed by atoms with E-state index in [1.165, 1.54) is 0 Å². The Kier molecular flexibility index (Phi) is 4.17. The van der Waals surface area contributed by atoms with E-state index >= 15 is 0 Å². The molecule has 0 unspecified atom stereocenters. The standard InChI is InChI=1S/C13H23N7/c1-10(2)20-12(15-9-18-20)7-19-11(14-8-17-19)6-16-13(3,4)5/h8-10,16H,6-7H2,1-5H3. The fourth-order valence-corrected chi connectivity index (χ4v) is 1.85. The van der Waals surface area contributed by atoms with Gasteiger partial charge in [-0.1, -0.05) is 0 Å². The Morgan fingerprint density at radius 2 is 1.75 bits per heavy atom. The van der Waals surface area contributed by atoms with Gasteiger partial charge >= 0.3 is 0 Å². The van der Waals surface area contributed by atoms with E-state index in [9.17, 15) is 0 Å². The summed E-state index contributed by atoms with van der Waals surface area (Å²) in [6, 6.07) is 0.284. The molecule has 0 amide bonds. The van der Waals surface area contributed by atoms with Gasteiger partial charge in [0.1, 0.15) is 30.8 Å². The third-order valence-corrected chi connectivity index (χ3v) is 2.90. The Labute approximate surface area is 119 Å². The fraction of sp³-hybridized carbons (Fsp3) is 0.692. The first kappa shape index (κ1) is 14.6. The van der Waals surface area contributed by atoms with Crippen molar-refractivity contribution in [2.45, 2.75) is 59.3 Å². The van der Waals surface area contributed by atoms with Crippen LogP contribution < -0.4 is 5.32 Å². The molecule has 20 heavy (non-hydrogen) atoms. The lowest BCUT2D eigenvalue weighted by Crippen LogP contribution is -2.36. The third-order valence-electron chi connectivity index (χ3n) is 2.90. The SMILES string of the molecule is CC(C)n1ncnc1Cn1ncnc1CNC(C)(C)C. The van der Waals surface area contributed by atoms with E-state index in [-0.39, 0.29) is 11.6 Å². The van der Waals surface area contributed by atoms with Crippen LogP contribution in [0.4, 0.5) is 0 Å². The zero-order valence-electron chi connectivity index (χ0n) is 12.8. The van der Waals surface area contributed by atoms with Crippen LogP contribution >= 0.6 is 0 Å². The molecule has 0 aliphatic heterocycles. The minimum Gasteiger partial charge on any atom is -0.305 e. The Balaban J connectivity index is 2.10. The number of nitrogens with one attached hydrogen (secondary N) is 1. The maximum atomic E-state index is 4.31. The van der Waals surface area contributed by atoms with E-state index < -0.39 is 0 Å². The molecular weight excluding hydrogens is 254 g/mol. The highest BCUT2D eigenvalue weighted by atomic mass is 15.4. The lowest BCUT2D eigenvalue weighted by atomic mass is 10.1. The van der Waals surface area contributed by atoms with Gasteiger partial charge < -0.3 is 5.32 Å². The summed E-state index contributed by atoms with van der Waals surface area (Å²) >= 11 is 0. The molecule has 0 fully saturated rings. The van der Waals surface area contributed by atoms with Gasteiger partial charge in [-0.25, -0.2) is 19.3 Å². The van der Waals surface area contributed by atoms with E-state index in [0.717, 1.165) is 11.6 Å². The van der Waals surface area contributed by atoms with Gasteiger partial charge in [0.05, 0.1) is 6.54 Å². The highest BCUT2D eigenvalue weighted by molar-refractivity contribution is 4.93. The van der Waals surface area contributed by atoms with Crippen molar-refractivity contribution >= 4 is 0 Å². The topological polar surface area (TPSA) is 73.5 Å². The van der Waals surface area contributed by atoms with Crippen LogP contribution in [0.25, 0.3) is 0 Å². The Morgan fingerprint density at radius 1 is 1.10 bits per heavy atom. The van der Waals surface area contributed by atoms with Crippen LogP contribution in [-0.2, 0) is 13.1 Å². The van der Waals surface area contributed by atoms with Crippen LogP contribution in [0.2, 0.25) is 0 Å². The summed E-state index contributed by atoms with van der Waals surface area (Å²) in [5, 5.41) is 11.9. The van der Waals surface area contributed by atoms with Crippen molar-refractivity contribution < 1.29 is 0 Å². The van der Waals surface area contributed by atoms with Gasteiger partial charge in [0.15, 0.2) is 0 Å². The number of aromatic nitrogens is 6. The molecule has 0 bridgehead atoms. The maximum Gasteiger partial charge on any atom is 0.148 e. The Morgan fingerprint density at radius 3 is 2.40 bits per heavy atom. The summed E-state index contributed by atoms with van der Waals surface area (Å²) < 4.78 is 3.77. The van der Waals surface area contributed by atoms with E-state index in [2.05, 4.69) is 60.1 Å². The summed E-state index contributed by atoms with van der Waals surface area (Å²) in [6.45, 7) is 11.8. The van der Waals surface area contributed by atoms with Gasteiger partial charge in [-0.2, -0.15) is 10.2 Å². The first-order chi connectivity index (χ1) is 9.37. The van der Waals surface area contributed by atoms with E-state index in [4.69, 9.17) is 0 Å². The molecular formula is C13H23N7. The molecule has 0 spiro atoms. The molecule has 0 radical (unpaired) electrons. The molecule has 1 N–H and O–H groups in total. The lowest BCUT2D eigenvalue weighted by Gasteiger charge is -2.20. The van der Waals surface area contributed by atoms with E-state index in [1.54, 1.807) is 12.7 Å². The van der Waals surface area contributed by atoms with Crippen LogP contribution in [0.1, 0.15) is 52.3 Å². The summed E-state index contributed by atoms with van der Waals surface area (Å²) in [5.41, 5.74) is 0.0503. The average molecular weight is 277 g/mol. The quantitative estimate of drug-likeness (QED) is 0.894. The second-order valence-electron chi connectivity index (χ2n) is 6.15. The zero-order chi connectivity index (χ0) is 14.8. The van der Waals surface area contributed by atoms with Gasteiger partial charge in [0.25, 0.3) is 0 Å². The first-order valence-electron chi connectivity index (χ1n) is 6.87. The summed E-state index contributed by atoms with van der Waals surface area (Å²) in [5.74, 6) is 1.79. The first-order valence-corrected chi connectivity index (χ1v) is 6.87. The van der Waals surface area contributed by atoms with Gasteiger partial charge in [-0.15, -0.1) is 0 Å². The molecule has 0 aliphatic rings. The fourth-order valence-electron chi connectivity index (χ4n) is 1.85. The Bertz CT molecular complexity index is 547. The third kappa shape index (κ3) is 3.63. The van der Waals surface area contributed by atoms with Crippen LogP contribution in [0.5, 0.6) is 0 Å². The number of rotatable bonds is 5. The number of nitrogens with zero attached hydrogens (tertiary/aromatic N) is 6. The second kappa shape index (κ2) is 5.70. The van der Waals surface area contributed by atoms with Crippen molar-refractivity contribution in [3.8, 4) is 0 Å². The van der Waals surface area contributed by atoms with Crippen LogP contribution in [-0.4, -0.2) is 35.1 Å². The van der Waals surface area contributed by atoms with Crippen molar-refractivity contribution in [2.75, 3.05) is 0 Å². The molecule has 0 aliphatic carbocycles. The summed E-state index contributed by atoms with van der Waals surface area (Å²) in [7, 11) is 0. The highest BCUT2D eigenvalue weighted by Gasteiger charge is 2.14. The lowest BCUT2D eigenvalue weighted by molar-refractivity contribution is 0.407. The van der Waals surface area contributed by atoms with Gasteiger partial charge in [0, 0.05) is 11.6 Å². The van der Waals surface area contributed by atoms with Crippen LogP contribution in [0.3, 0.4) is 0 Å². The largest absolute Gasteiger partial charge is 0.305 e. The van der Waals surface area contributed by atoms with Crippen molar-refractivity contribution in [3.05, 3.63) is 24.3 Å². The van der Waals surface area contributed by atoms with Crippen molar-refractivity contribution in [1.29, 1.82) is 0 Å². The molecule has 7 heteroatoms. The van der Waals surface area contributed by atoms with Crippen molar-refractivity contribution in [1.82, 2.24) is 34.8 Å². The van der Waals surface area contributed by atoms with Gasteiger partial charge in [-0.05, 0) is 34.6 Å². The van der Waals surface area contributed by atoms with Gasteiger partial charge in [-0.3, -0.25) is 0 Å². The molecule has 2 aromatic heterocycles. The molecule has 0 aromatic carbocycles. The average Bonchev–Trinajstić information content (AvgIpc) is 2.95. The van der Waals surface area contributed by atoms with Crippen molar-refractivity contribution in [2.24, 2.45) is 0 Å². The monoisotopic (exact) mass is 277 g/mol. The predicted molar refractivity (Wildman–Crippen MR) is 76.1 cm³/mol. The predicted octanol–water partition coefficient (Wildman–Crippen LogP) is 1.39. The zero-order valence-corrected chi connectivity index (χ0v) is 12.8. The molecule has 7 nitrogen and oxygen atoms in total. The molecule has 110 valence electrons. The summed E-state index contributed by atoms with van der Waals surface area (Å²) in [6.07, 6.45) is 3.16. The van der Waals surface area contributed by atoms with Gasteiger partial charge in [0.2, 0.25) is 0 Å². The molecule has 0 atom stereocenters. The molecule has 0 saturated heterocycles. The second-order valence-corrected chi connectivity index (χ2v) is 6.15. The van der Waals surface area contributed by atoms with E-state index in [1.807, 2.05) is 9.36 Å². The van der Waals surface area contributed by atoms with Crippen molar-refractivity contribution in [3.63, 3.8) is 0 Å². The summed E-state index contributed by atoms with van der Waals surface area (Å²) in [4.78, 5) is 8.61. The highest BCUT2D eigenvalue weighted by Crippen LogP contribution is 2.08. The minimum atomic E-state index is 0.0503. The minimum absolute atomic E-state index is 0.0503. The normalized spacial score (nSPS) is 12.3. The maximum absolute atomic E-state index is 4.31. The molecule has 2 rings (SSSR count). The molecule has 0 saturated carbocycles. The van der Waals surface area contributed by atoms with Crippen LogP contribution in [0.15, 0.2) is 12.7 Å². The number of hydrogen-bond donors (Lipinski definition) is 1. The Hall–Kier alpha value is -1.76. The molecule has 2 aromatic rings. The van der Waals surface area contributed by atoms with E-state index in [0.29, 0.717) is 13.1 Å². The molecule has 2 heterocycles. The smallest absolute Gasteiger partial charge is 0.148 e. The number of hydrogen-bond acceptors (Lipinski definition) is 5. The van der Waals surface area contributed by atoms with Crippen LogP contribution in [0, 0.1) is 0 Å².